The molecule has 2 aromatic rings. The molecule has 0 saturated carbocycles. The summed E-state index contributed by atoms with van der Waals surface area (Å²) in [7, 11) is 2.14. The van der Waals surface area contributed by atoms with Crippen LogP contribution in [0.15, 0.2) is 48.5 Å². The lowest BCUT2D eigenvalue weighted by molar-refractivity contribution is 0.191. The quantitative estimate of drug-likeness (QED) is 0.828. The first kappa shape index (κ1) is 14.1. The molecule has 3 rings (SSSR count). The van der Waals surface area contributed by atoms with E-state index in [1.54, 1.807) is 12.1 Å². The van der Waals surface area contributed by atoms with Gasteiger partial charge in [0, 0.05) is 12.6 Å². The Kier molecular flexibility index (Phi) is 4.20. The fourth-order valence-corrected chi connectivity index (χ4v) is 2.99. The largest absolute Gasteiger partial charge is 0.492 e. The molecule has 1 atom stereocenters. The van der Waals surface area contributed by atoms with Crippen LogP contribution in [0.1, 0.15) is 23.6 Å². The van der Waals surface area contributed by atoms with Crippen LogP contribution in [-0.4, -0.2) is 25.1 Å². The van der Waals surface area contributed by atoms with Crippen molar-refractivity contribution in [2.24, 2.45) is 0 Å². The average Bonchev–Trinajstić information content (AvgIpc) is 2.93. The summed E-state index contributed by atoms with van der Waals surface area (Å²) in [5.41, 5.74) is 2.91. The molecule has 0 aromatic heterocycles. The van der Waals surface area contributed by atoms with Crippen LogP contribution in [0.3, 0.4) is 0 Å². The van der Waals surface area contributed by atoms with Crippen molar-refractivity contribution in [2.75, 3.05) is 20.2 Å². The van der Waals surface area contributed by atoms with Crippen molar-refractivity contribution in [1.29, 1.82) is 0 Å². The number of rotatable bonds is 5. The number of halogens is 1. The molecule has 0 heterocycles. The molecule has 1 aliphatic carbocycles. The Morgan fingerprint density at radius 2 is 1.90 bits per heavy atom. The first-order valence-corrected chi connectivity index (χ1v) is 7.40. The minimum atomic E-state index is -0.234. The lowest BCUT2D eigenvalue weighted by atomic mass is 10.1. The van der Waals surface area contributed by atoms with Crippen LogP contribution >= 0.6 is 0 Å². The molecular weight excluding hydrogens is 265 g/mol. The summed E-state index contributed by atoms with van der Waals surface area (Å²) in [6, 6.07) is 15.3. The Hall–Kier alpha value is -1.87. The van der Waals surface area contributed by atoms with E-state index in [0.717, 1.165) is 18.7 Å². The topological polar surface area (TPSA) is 12.5 Å². The Labute approximate surface area is 125 Å². The van der Waals surface area contributed by atoms with Crippen LogP contribution in [0.25, 0.3) is 0 Å². The zero-order valence-electron chi connectivity index (χ0n) is 12.3. The van der Waals surface area contributed by atoms with Crippen LogP contribution in [0.4, 0.5) is 4.39 Å². The Bertz CT molecular complexity index is 596. The van der Waals surface area contributed by atoms with E-state index in [0.29, 0.717) is 12.6 Å². The molecule has 0 aliphatic heterocycles. The van der Waals surface area contributed by atoms with Gasteiger partial charge in [0.25, 0.3) is 0 Å². The number of hydrogen-bond donors (Lipinski definition) is 0. The second-order valence-corrected chi connectivity index (χ2v) is 5.54. The SMILES string of the molecule is CN(CCOc1ccc(F)cc1)C1CCc2ccccc21. The number of hydrogen-bond acceptors (Lipinski definition) is 2. The zero-order chi connectivity index (χ0) is 14.7. The highest BCUT2D eigenvalue weighted by Gasteiger charge is 2.24. The van der Waals surface area contributed by atoms with Gasteiger partial charge in [-0.3, -0.25) is 4.90 Å². The highest BCUT2D eigenvalue weighted by Crippen LogP contribution is 2.34. The molecule has 2 nitrogen and oxygen atoms in total. The predicted molar refractivity (Wildman–Crippen MR) is 82.0 cm³/mol. The fourth-order valence-electron chi connectivity index (χ4n) is 2.99. The number of aryl methyl sites for hydroxylation is 1. The molecule has 0 N–H and O–H groups in total. The molecule has 0 radical (unpaired) electrons. The second kappa shape index (κ2) is 6.27. The molecule has 0 bridgehead atoms. The van der Waals surface area contributed by atoms with Crippen molar-refractivity contribution in [3.05, 3.63) is 65.5 Å². The second-order valence-electron chi connectivity index (χ2n) is 5.54. The highest BCUT2D eigenvalue weighted by molar-refractivity contribution is 5.34. The molecule has 21 heavy (non-hydrogen) atoms. The molecule has 1 aliphatic rings. The summed E-state index contributed by atoms with van der Waals surface area (Å²) in [5, 5.41) is 0. The predicted octanol–water partition coefficient (Wildman–Crippen LogP) is 3.82. The fraction of sp³-hybridized carbons (Fsp3) is 0.333. The monoisotopic (exact) mass is 285 g/mol. The van der Waals surface area contributed by atoms with Gasteiger partial charge in [0.15, 0.2) is 0 Å². The summed E-state index contributed by atoms with van der Waals surface area (Å²) in [4.78, 5) is 2.34. The van der Waals surface area contributed by atoms with Crippen molar-refractivity contribution in [3.63, 3.8) is 0 Å². The summed E-state index contributed by atoms with van der Waals surface area (Å²) >= 11 is 0. The minimum absolute atomic E-state index is 0.234. The van der Waals surface area contributed by atoms with Crippen molar-refractivity contribution in [2.45, 2.75) is 18.9 Å². The van der Waals surface area contributed by atoms with Crippen molar-refractivity contribution in [1.82, 2.24) is 4.90 Å². The third-order valence-electron chi connectivity index (χ3n) is 4.16. The summed E-state index contributed by atoms with van der Waals surface area (Å²) in [5.74, 6) is 0.485. The third-order valence-corrected chi connectivity index (χ3v) is 4.16. The van der Waals surface area contributed by atoms with Gasteiger partial charge in [-0.25, -0.2) is 4.39 Å². The van der Waals surface area contributed by atoms with Crippen LogP contribution < -0.4 is 4.74 Å². The van der Waals surface area contributed by atoms with E-state index in [1.807, 2.05) is 0 Å². The van der Waals surface area contributed by atoms with Crippen molar-refractivity contribution < 1.29 is 9.13 Å². The van der Waals surface area contributed by atoms with E-state index in [9.17, 15) is 4.39 Å². The van der Waals surface area contributed by atoms with Crippen LogP contribution in [0.2, 0.25) is 0 Å². The van der Waals surface area contributed by atoms with Crippen LogP contribution in [0, 0.1) is 5.82 Å². The summed E-state index contributed by atoms with van der Waals surface area (Å²) in [6.45, 7) is 1.47. The van der Waals surface area contributed by atoms with Crippen LogP contribution in [-0.2, 0) is 6.42 Å². The van der Waals surface area contributed by atoms with Gasteiger partial charge >= 0.3 is 0 Å². The number of likely N-dealkylation sites (N-methyl/N-ethyl adjacent to an activating group) is 1. The minimum Gasteiger partial charge on any atom is -0.492 e. The molecule has 110 valence electrons. The summed E-state index contributed by atoms with van der Waals surface area (Å²) in [6.07, 6.45) is 2.33. The molecular formula is C18H20FNO. The zero-order valence-corrected chi connectivity index (χ0v) is 12.3. The van der Waals surface area contributed by atoms with Crippen molar-refractivity contribution in [3.8, 4) is 5.75 Å². The van der Waals surface area contributed by atoms with Gasteiger partial charge in [-0.05, 0) is 55.3 Å². The standard InChI is InChI=1S/C18H20FNO/c1-20(12-13-21-16-9-7-15(19)8-10-16)18-11-6-14-4-2-3-5-17(14)18/h2-5,7-10,18H,6,11-13H2,1H3. The molecule has 0 spiro atoms. The Morgan fingerprint density at radius 3 is 2.71 bits per heavy atom. The maximum atomic E-state index is 12.8. The maximum Gasteiger partial charge on any atom is 0.123 e. The number of nitrogens with zero attached hydrogens (tertiary/aromatic N) is 1. The lowest BCUT2D eigenvalue weighted by Crippen LogP contribution is -2.27. The molecule has 3 heteroatoms. The normalized spacial score (nSPS) is 17.0. The van der Waals surface area contributed by atoms with Gasteiger partial charge < -0.3 is 4.74 Å². The molecule has 0 fully saturated rings. The smallest absolute Gasteiger partial charge is 0.123 e. The average molecular weight is 285 g/mol. The maximum absolute atomic E-state index is 12.8. The Balaban J connectivity index is 1.53. The molecule has 0 saturated heterocycles. The molecule has 1 unspecified atom stereocenters. The summed E-state index contributed by atoms with van der Waals surface area (Å²) < 4.78 is 18.5. The first-order chi connectivity index (χ1) is 10.2. The van der Waals surface area contributed by atoms with Gasteiger partial charge in [0.05, 0.1) is 0 Å². The third kappa shape index (κ3) is 3.24. The number of ether oxygens (including phenoxy) is 1. The Morgan fingerprint density at radius 1 is 1.14 bits per heavy atom. The van der Waals surface area contributed by atoms with Gasteiger partial charge in [0.2, 0.25) is 0 Å². The van der Waals surface area contributed by atoms with E-state index < -0.39 is 0 Å². The van der Waals surface area contributed by atoms with E-state index >= 15 is 0 Å². The van der Waals surface area contributed by atoms with E-state index in [-0.39, 0.29) is 5.82 Å². The van der Waals surface area contributed by atoms with Gasteiger partial charge in [-0.1, -0.05) is 24.3 Å². The molecule has 0 amide bonds. The van der Waals surface area contributed by atoms with E-state index in [2.05, 4.69) is 36.2 Å². The lowest BCUT2D eigenvalue weighted by Gasteiger charge is -2.25. The number of benzene rings is 2. The van der Waals surface area contributed by atoms with Gasteiger partial charge in [0.1, 0.15) is 18.2 Å². The van der Waals surface area contributed by atoms with E-state index in [4.69, 9.17) is 4.74 Å². The van der Waals surface area contributed by atoms with Gasteiger partial charge in [-0.15, -0.1) is 0 Å². The van der Waals surface area contributed by atoms with Gasteiger partial charge in [-0.2, -0.15) is 0 Å². The van der Waals surface area contributed by atoms with Crippen molar-refractivity contribution >= 4 is 0 Å². The molecule has 2 aromatic carbocycles. The first-order valence-electron chi connectivity index (χ1n) is 7.40. The highest BCUT2D eigenvalue weighted by atomic mass is 19.1. The number of fused-ring (bicyclic) bond motifs is 1. The van der Waals surface area contributed by atoms with E-state index in [1.165, 1.54) is 29.7 Å². The van der Waals surface area contributed by atoms with Crippen LogP contribution in [0.5, 0.6) is 5.75 Å².